The molecule has 1 heterocycles. The van der Waals surface area contributed by atoms with E-state index in [0.29, 0.717) is 12.0 Å². The van der Waals surface area contributed by atoms with Crippen LogP contribution in [-0.4, -0.2) is 27.5 Å². The average molecular weight is 317 g/mol. The Kier molecular flexibility index (Phi) is 5.08. The molecule has 0 amide bonds. The van der Waals surface area contributed by atoms with Crippen LogP contribution in [-0.2, 0) is 7.05 Å². The van der Waals surface area contributed by atoms with Gasteiger partial charge < -0.3 is 10.4 Å². The van der Waals surface area contributed by atoms with Crippen molar-refractivity contribution in [3.63, 3.8) is 0 Å². The fourth-order valence-corrected chi connectivity index (χ4v) is 3.63. The number of aryl methyl sites for hydroxylation is 1. The van der Waals surface area contributed by atoms with E-state index in [4.69, 9.17) is 0 Å². The van der Waals surface area contributed by atoms with Crippen molar-refractivity contribution in [1.29, 1.82) is 0 Å². The third kappa shape index (κ3) is 3.79. The first-order chi connectivity index (χ1) is 11.2. The van der Waals surface area contributed by atoms with Crippen molar-refractivity contribution in [2.75, 3.05) is 6.61 Å². The summed E-state index contributed by atoms with van der Waals surface area (Å²) in [5, 5.41) is 17.5. The van der Waals surface area contributed by atoms with Crippen molar-refractivity contribution in [3.8, 4) is 0 Å². The summed E-state index contributed by atoms with van der Waals surface area (Å²) in [7, 11) is 1.99. The van der Waals surface area contributed by atoms with E-state index in [1.807, 2.05) is 17.9 Å². The Balaban J connectivity index is 1.66. The summed E-state index contributed by atoms with van der Waals surface area (Å²) in [6.07, 6.45) is 6.33. The van der Waals surface area contributed by atoms with Crippen LogP contribution in [0, 0.1) is 5.82 Å². The molecule has 0 spiro atoms. The highest BCUT2D eigenvalue weighted by atomic mass is 19.1. The fraction of sp³-hybridized carbons (Fsp3) is 0.500. The Morgan fingerprint density at radius 2 is 2.09 bits per heavy atom. The molecule has 3 unspecified atom stereocenters. The molecular weight excluding hydrogens is 293 g/mol. The van der Waals surface area contributed by atoms with Crippen molar-refractivity contribution in [2.24, 2.45) is 7.05 Å². The summed E-state index contributed by atoms with van der Waals surface area (Å²) in [6, 6.07) is 8.67. The maximum atomic E-state index is 13.1. The highest BCUT2D eigenvalue weighted by Gasteiger charge is 2.26. The maximum Gasteiger partial charge on any atom is 0.123 e. The van der Waals surface area contributed by atoms with E-state index in [9.17, 15) is 9.50 Å². The van der Waals surface area contributed by atoms with Crippen molar-refractivity contribution < 1.29 is 9.50 Å². The summed E-state index contributed by atoms with van der Waals surface area (Å²) in [6.45, 7) is 0.0124. The Bertz CT molecular complexity index is 625. The zero-order valence-corrected chi connectivity index (χ0v) is 13.5. The van der Waals surface area contributed by atoms with Gasteiger partial charge in [-0.25, -0.2) is 4.39 Å². The molecule has 23 heavy (non-hydrogen) atoms. The zero-order valence-electron chi connectivity index (χ0n) is 13.5. The number of benzene rings is 1. The third-order valence-electron chi connectivity index (χ3n) is 4.84. The van der Waals surface area contributed by atoms with Gasteiger partial charge in [0.1, 0.15) is 5.82 Å². The molecule has 1 aromatic carbocycles. The van der Waals surface area contributed by atoms with Gasteiger partial charge in [-0.15, -0.1) is 0 Å². The molecule has 1 saturated carbocycles. The first-order valence-corrected chi connectivity index (χ1v) is 8.27. The third-order valence-corrected chi connectivity index (χ3v) is 4.84. The lowest BCUT2D eigenvalue weighted by atomic mass is 9.83. The minimum atomic E-state index is -0.251. The van der Waals surface area contributed by atoms with Crippen molar-refractivity contribution >= 4 is 0 Å². The number of aliphatic hydroxyl groups is 1. The molecule has 1 aliphatic carbocycles. The number of hydrogen-bond acceptors (Lipinski definition) is 3. The van der Waals surface area contributed by atoms with Crippen molar-refractivity contribution in [2.45, 2.75) is 43.7 Å². The fourth-order valence-electron chi connectivity index (χ4n) is 3.63. The quantitative estimate of drug-likeness (QED) is 0.891. The van der Waals surface area contributed by atoms with Gasteiger partial charge in [-0.05, 0) is 43.0 Å². The molecule has 1 aliphatic rings. The molecule has 5 heteroatoms. The predicted molar refractivity (Wildman–Crippen MR) is 87.6 cm³/mol. The van der Waals surface area contributed by atoms with Gasteiger partial charge in [-0.2, -0.15) is 5.10 Å². The van der Waals surface area contributed by atoms with Crippen LogP contribution in [0.4, 0.5) is 4.39 Å². The molecule has 0 aliphatic heterocycles. The van der Waals surface area contributed by atoms with Crippen LogP contribution in [0.2, 0.25) is 0 Å². The molecule has 1 fully saturated rings. The van der Waals surface area contributed by atoms with Gasteiger partial charge in [0.2, 0.25) is 0 Å². The van der Waals surface area contributed by atoms with Crippen LogP contribution in [0.1, 0.15) is 48.9 Å². The molecule has 0 bridgehead atoms. The lowest BCUT2D eigenvalue weighted by molar-refractivity contribution is 0.214. The Morgan fingerprint density at radius 1 is 1.30 bits per heavy atom. The van der Waals surface area contributed by atoms with E-state index < -0.39 is 0 Å². The highest BCUT2D eigenvalue weighted by Crippen LogP contribution is 2.33. The summed E-state index contributed by atoms with van der Waals surface area (Å²) >= 11 is 0. The predicted octanol–water partition coefficient (Wildman–Crippen LogP) is 2.91. The van der Waals surface area contributed by atoms with Crippen LogP contribution in [0.5, 0.6) is 0 Å². The van der Waals surface area contributed by atoms with Gasteiger partial charge in [0, 0.05) is 30.9 Å². The molecule has 0 radical (unpaired) electrons. The van der Waals surface area contributed by atoms with Gasteiger partial charge in [0.25, 0.3) is 0 Å². The topological polar surface area (TPSA) is 50.1 Å². The molecule has 2 N–H and O–H groups in total. The summed E-state index contributed by atoms with van der Waals surface area (Å²) < 4.78 is 15.0. The smallest absolute Gasteiger partial charge is 0.123 e. The Labute approximate surface area is 136 Å². The molecule has 0 saturated heterocycles. The number of nitrogens with zero attached hydrogens (tertiary/aromatic N) is 2. The van der Waals surface area contributed by atoms with E-state index >= 15 is 0 Å². The van der Waals surface area contributed by atoms with Crippen molar-refractivity contribution in [3.05, 3.63) is 53.6 Å². The molecular formula is C18H24FN3O. The van der Waals surface area contributed by atoms with Gasteiger partial charge in [-0.1, -0.05) is 18.6 Å². The molecule has 124 valence electrons. The van der Waals surface area contributed by atoms with Gasteiger partial charge >= 0.3 is 0 Å². The maximum absolute atomic E-state index is 13.1. The Hall–Kier alpha value is -1.72. The van der Waals surface area contributed by atoms with E-state index in [1.54, 1.807) is 12.1 Å². The first-order valence-electron chi connectivity index (χ1n) is 8.27. The van der Waals surface area contributed by atoms with Crippen LogP contribution < -0.4 is 5.32 Å². The van der Waals surface area contributed by atoms with Crippen LogP contribution >= 0.6 is 0 Å². The number of halogens is 1. The number of hydrogen-bond donors (Lipinski definition) is 2. The van der Waals surface area contributed by atoms with E-state index in [-0.39, 0.29) is 18.5 Å². The summed E-state index contributed by atoms with van der Waals surface area (Å²) in [5.41, 5.74) is 2.20. The lowest BCUT2D eigenvalue weighted by Crippen LogP contribution is -2.38. The molecule has 1 aromatic heterocycles. The van der Waals surface area contributed by atoms with Crippen molar-refractivity contribution in [1.82, 2.24) is 15.1 Å². The van der Waals surface area contributed by atoms with E-state index in [2.05, 4.69) is 16.5 Å². The molecule has 2 aromatic rings. The van der Waals surface area contributed by atoms with Gasteiger partial charge in [-0.3, -0.25) is 4.68 Å². The summed E-state index contributed by atoms with van der Waals surface area (Å²) in [5.74, 6) is 0.251. The second-order valence-corrected chi connectivity index (χ2v) is 6.39. The van der Waals surface area contributed by atoms with E-state index in [1.165, 1.54) is 24.2 Å². The largest absolute Gasteiger partial charge is 0.394 e. The average Bonchev–Trinajstić information content (AvgIpc) is 3.00. The lowest BCUT2D eigenvalue weighted by Gasteiger charge is -2.32. The first kappa shape index (κ1) is 16.1. The highest BCUT2D eigenvalue weighted by molar-refractivity contribution is 5.20. The minimum Gasteiger partial charge on any atom is -0.394 e. The van der Waals surface area contributed by atoms with Gasteiger partial charge in [0.15, 0.2) is 0 Å². The number of aliphatic hydroxyl groups excluding tert-OH is 1. The second-order valence-electron chi connectivity index (χ2n) is 6.39. The van der Waals surface area contributed by atoms with Crippen LogP contribution in [0.15, 0.2) is 36.5 Å². The summed E-state index contributed by atoms with van der Waals surface area (Å²) in [4.78, 5) is 0. The van der Waals surface area contributed by atoms with Crippen LogP contribution in [0.25, 0.3) is 0 Å². The number of aromatic nitrogens is 2. The number of nitrogens with one attached hydrogen (secondary N) is 1. The van der Waals surface area contributed by atoms with Crippen LogP contribution in [0.3, 0.4) is 0 Å². The molecule has 4 nitrogen and oxygen atoms in total. The SMILES string of the molecule is Cn1nccc1C1CCCC(NC(CO)c2ccc(F)cc2)C1. The van der Waals surface area contributed by atoms with E-state index in [0.717, 1.165) is 24.8 Å². The standard InChI is InChI=1S/C18H24FN3O/c1-22-18(9-10-20-22)14-3-2-4-16(11-14)21-17(12-23)13-5-7-15(19)8-6-13/h5-10,14,16-17,21,23H,2-4,11-12H2,1H3. The monoisotopic (exact) mass is 317 g/mol. The molecule has 3 atom stereocenters. The van der Waals surface area contributed by atoms with Gasteiger partial charge in [0.05, 0.1) is 12.6 Å². The second kappa shape index (κ2) is 7.23. The normalized spacial score (nSPS) is 22.9. The Morgan fingerprint density at radius 3 is 2.74 bits per heavy atom. The minimum absolute atomic E-state index is 0.0124. The number of rotatable bonds is 5. The zero-order chi connectivity index (χ0) is 16.2. The molecule has 3 rings (SSSR count).